The number of ether oxygens (including phenoxy) is 1. The first-order chi connectivity index (χ1) is 8.69. The van der Waals surface area contributed by atoms with Crippen molar-refractivity contribution in [3.63, 3.8) is 0 Å². The Balaban J connectivity index is 2.21. The number of hydrogen-bond acceptors (Lipinski definition) is 4. The van der Waals surface area contributed by atoms with Gasteiger partial charge in [0.15, 0.2) is 0 Å². The molecule has 1 saturated carbocycles. The number of hydrogen-bond donors (Lipinski definition) is 0. The molecule has 0 aliphatic heterocycles. The predicted molar refractivity (Wildman–Crippen MR) is 66.9 cm³/mol. The van der Waals surface area contributed by atoms with E-state index < -0.39 is 0 Å². The lowest BCUT2D eigenvalue weighted by Crippen LogP contribution is -2.14. The lowest BCUT2D eigenvalue weighted by Gasteiger charge is -2.09. The summed E-state index contributed by atoms with van der Waals surface area (Å²) >= 11 is 0. The molecule has 18 heavy (non-hydrogen) atoms. The maximum absolute atomic E-state index is 11.5. The molecule has 0 saturated heterocycles. The molecule has 2 atom stereocenters. The van der Waals surface area contributed by atoms with Crippen LogP contribution in [0.2, 0.25) is 0 Å². The molecule has 4 heteroatoms. The molecular formula is C14H20O4. The first kappa shape index (κ1) is 14.6. The van der Waals surface area contributed by atoms with Crippen LogP contribution in [0.25, 0.3) is 0 Å². The predicted octanol–water partition coefficient (Wildman–Crippen LogP) is 2.07. The van der Waals surface area contributed by atoms with Crippen LogP contribution in [0.3, 0.4) is 0 Å². The van der Waals surface area contributed by atoms with Gasteiger partial charge in [0, 0.05) is 24.7 Å². The zero-order valence-corrected chi connectivity index (χ0v) is 10.8. The molecule has 0 aromatic rings. The molecule has 1 rings (SSSR count). The maximum atomic E-state index is 11.5. The van der Waals surface area contributed by atoms with Gasteiger partial charge in [0.05, 0.1) is 7.11 Å². The van der Waals surface area contributed by atoms with Crippen molar-refractivity contribution in [2.45, 2.75) is 38.5 Å². The molecule has 100 valence electrons. The van der Waals surface area contributed by atoms with E-state index in [4.69, 9.17) is 0 Å². The van der Waals surface area contributed by atoms with Gasteiger partial charge < -0.3 is 9.53 Å². The Morgan fingerprint density at radius 2 is 2.22 bits per heavy atom. The summed E-state index contributed by atoms with van der Waals surface area (Å²) in [6.45, 7) is 0. The van der Waals surface area contributed by atoms with Gasteiger partial charge in [0.25, 0.3) is 0 Å². The van der Waals surface area contributed by atoms with Crippen molar-refractivity contribution in [2.24, 2.45) is 11.8 Å². The van der Waals surface area contributed by atoms with Crippen LogP contribution in [0, 0.1) is 11.8 Å². The molecular weight excluding hydrogens is 232 g/mol. The van der Waals surface area contributed by atoms with Crippen molar-refractivity contribution in [1.29, 1.82) is 0 Å². The smallest absolute Gasteiger partial charge is 0.305 e. The van der Waals surface area contributed by atoms with Gasteiger partial charge in [0.2, 0.25) is 0 Å². The van der Waals surface area contributed by atoms with E-state index >= 15 is 0 Å². The second-order valence-electron chi connectivity index (χ2n) is 4.59. The fourth-order valence-corrected chi connectivity index (χ4v) is 2.23. The Morgan fingerprint density at radius 3 is 2.89 bits per heavy atom. The highest BCUT2D eigenvalue weighted by atomic mass is 16.5. The molecule has 0 spiro atoms. The van der Waals surface area contributed by atoms with Gasteiger partial charge in [-0.3, -0.25) is 9.59 Å². The lowest BCUT2D eigenvalue weighted by molar-refractivity contribution is -0.140. The molecule has 0 aromatic carbocycles. The number of carbonyl (C=O) groups excluding carboxylic acids is 3. The van der Waals surface area contributed by atoms with Gasteiger partial charge in [-0.2, -0.15) is 0 Å². The second kappa shape index (κ2) is 7.80. The zero-order valence-electron chi connectivity index (χ0n) is 10.8. The van der Waals surface area contributed by atoms with Crippen LogP contribution >= 0.6 is 0 Å². The van der Waals surface area contributed by atoms with Gasteiger partial charge in [-0.15, -0.1) is 0 Å². The average Bonchev–Trinajstić information content (AvgIpc) is 2.74. The number of rotatable bonds is 7. The third kappa shape index (κ3) is 4.43. The van der Waals surface area contributed by atoms with Crippen LogP contribution in [0.1, 0.15) is 38.5 Å². The number of aldehydes is 1. The van der Waals surface area contributed by atoms with E-state index in [0.29, 0.717) is 25.7 Å². The minimum atomic E-state index is -0.199. The van der Waals surface area contributed by atoms with E-state index in [-0.39, 0.29) is 23.6 Å². The first-order valence-corrected chi connectivity index (χ1v) is 6.39. The Kier molecular flexibility index (Phi) is 6.33. The number of Topliss-reactive ketones (excluding diaryl/α,β-unsaturated/α-hetero) is 1. The molecule has 0 heterocycles. The quantitative estimate of drug-likeness (QED) is 0.301. The summed E-state index contributed by atoms with van der Waals surface area (Å²) < 4.78 is 4.53. The van der Waals surface area contributed by atoms with E-state index in [0.717, 1.165) is 19.1 Å². The third-order valence-electron chi connectivity index (χ3n) is 3.37. The summed E-state index contributed by atoms with van der Waals surface area (Å²) in [5.74, 6) is -0.224. The van der Waals surface area contributed by atoms with E-state index in [1.807, 2.05) is 12.2 Å². The molecule has 1 fully saturated rings. The summed E-state index contributed by atoms with van der Waals surface area (Å²) in [4.78, 5) is 33.2. The second-order valence-corrected chi connectivity index (χ2v) is 4.59. The Hall–Kier alpha value is -1.45. The minimum Gasteiger partial charge on any atom is -0.469 e. The molecule has 4 nitrogen and oxygen atoms in total. The number of methoxy groups -OCH3 is 1. The third-order valence-corrected chi connectivity index (χ3v) is 3.37. The Labute approximate surface area is 107 Å². The van der Waals surface area contributed by atoms with Crippen LogP contribution in [0.15, 0.2) is 12.2 Å². The fourth-order valence-electron chi connectivity index (χ4n) is 2.23. The summed E-state index contributed by atoms with van der Waals surface area (Å²) in [5, 5.41) is 0. The summed E-state index contributed by atoms with van der Waals surface area (Å²) in [6, 6.07) is 0. The van der Waals surface area contributed by atoms with Gasteiger partial charge in [0.1, 0.15) is 12.1 Å². The van der Waals surface area contributed by atoms with Gasteiger partial charge in [-0.1, -0.05) is 12.2 Å². The molecule has 0 bridgehead atoms. The summed E-state index contributed by atoms with van der Waals surface area (Å²) in [6.07, 6.45) is 8.65. The molecule has 0 radical (unpaired) electrons. The average molecular weight is 252 g/mol. The van der Waals surface area contributed by atoms with E-state index in [1.54, 1.807) is 0 Å². The molecule has 0 aromatic heterocycles. The number of ketones is 1. The normalized spacial score (nSPS) is 23.5. The largest absolute Gasteiger partial charge is 0.469 e. The topological polar surface area (TPSA) is 60.4 Å². The van der Waals surface area contributed by atoms with E-state index in [1.165, 1.54) is 7.11 Å². The van der Waals surface area contributed by atoms with Crippen molar-refractivity contribution in [3.8, 4) is 0 Å². The highest BCUT2D eigenvalue weighted by Gasteiger charge is 2.32. The van der Waals surface area contributed by atoms with Crippen molar-refractivity contribution >= 4 is 18.0 Å². The molecule has 1 aliphatic rings. The SMILES string of the molecule is COC(=O)CCC/C=C\C[C@H]1C(=O)CC[C@@H]1C=O. The number of esters is 1. The number of allylic oxidation sites excluding steroid dienone is 2. The fraction of sp³-hybridized carbons (Fsp3) is 0.643. The van der Waals surface area contributed by atoms with Crippen LogP contribution in [-0.2, 0) is 19.1 Å². The van der Waals surface area contributed by atoms with Crippen molar-refractivity contribution in [3.05, 3.63) is 12.2 Å². The highest BCUT2D eigenvalue weighted by molar-refractivity contribution is 5.87. The van der Waals surface area contributed by atoms with Crippen LogP contribution in [0.5, 0.6) is 0 Å². The minimum absolute atomic E-state index is 0.0998. The van der Waals surface area contributed by atoms with E-state index in [9.17, 15) is 14.4 Å². The first-order valence-electron chi connectivity index (χ1n) is 6.39. The van der Waals surface area contributed by atoms with Crippen LogP contribution < -0.4 is 0 Å². The standard InChI is InChI=1S/C14H20O4/c1-18-14(17)7-5-3-2-4-6-12-11(10-15)8-9-13(12)16/h2,4,10-12H,3,5-9H2,1H3/b4-2-/t11-,12-/m1/s1. The van der Waals surface area contributed by atoms with Crippen molar-refractivity contribution in [2.75, 3.05) is 7.11 Å². The molecule has 0 amide bonds. The maximum Gasteiger partial charge on any atom is 0.305 e. The Morgan fingerprint density at radius 1 is 1.44 bits per heavy atom. The van der Waals surface area contributed by atoms with Gasteiger partial charge in [-0.05, 0) is 25.7 Å². The van der Waals surface area contributed by atoms with Crippen LogP contribution in [-0.4, -0.2) is 25.1 Å². The monoisotopic (exact) mass is 252 g/mol. The van der Waals surface area contributed by atoms with Gasteiger partial charge >= 0.3 is 5.97 Å². The zero-order chi connectivity index (χ0) is 13.4. The molecule has 1 aliphatic carbocycles. The highest BCUT2D eigenvalue weighted by Crippen LogP contribution is 2.29. The number of unbranched alkanes of at least 4 members (excludes halogenated alkanes) is 1. The van der Waals surface area contributed by atoms with Crippen LogP contribution in [0.4, 0.5) is 0 Å². The van der Waals surface area contributed by atoms with Crippen molar-refractivity contribution < 1.29 is 19.1 Å². The van der Waals surface area contributed by atoms with E-state index in [2.05, 4.69) is 4.74 Å². The summed E-state index contributed by atoms with van der Waals surface area (Å²) in [7, 11) is 1.38. The van der Waals surface area contributed by atoms with Gasteiger partial charge in [-0.25, -0.2) is 0 Å². The number of carbonyl (C=O) groups is 3. The molecule has 0 N–H and O–H groups in total. The van der Waals surface area contributed by atoms with Crippen molar-refractivity contribution in [1.82, 2.24) is 0 Å². The Bertz CT molecular complexity index is 333. The lowest BCUT2D eigenvalue weighted by atomic mass is 9.93. The summed E-state index contributed by atoms with van der Waals surface area (Å²) in [5.41, 5.74) is 0. The molecule has 0 unspecified atom stereocenters.